The molecule has 0 aliphatic heterocycles. The molecule has 0 radical (unpaired) electrons. The molecule has 0 unspecified atom stereocenters. The van der Waals surface area contributed by atoms with E-state index in [-0.39, 0.29) is 24.2 Å². The van der Waals surface area contributed by atoms with Crippen LogP contribution in [0.3, 0.4) is 0 Å². The van der Waals surface area contributed by atoms with Gasteiger partial charge in [-0.15, -0.1) is 0 Å². The van der Waals surface area contributed by atoms with E-state index in [9.17, 15) is 22.8 Å². The van der Waals surface area contributed by atoms with Crippen molar-refractivity contribution in [2.45, 2.75) is 26.1 Å². The van der Waals surface area contributed by atoms with E-state index in [0.29, 0.717) is 11.3 Å². The lowest BCUT2D eigenvalue weighted by Gasteiger charge is -2.11. The molecule has 5 nitrogen and oxygen atoms in total. The molecule has 0 aromatic heterocycles. The number of carbonyl (C=O) groups excluding carboxylic acids is 2. The van der Waals surface area contributed by atoms with Gasteiger partial charge in [0, 0.05) is 17.3 Å². The first-order chi connectivity index (χ1) is 12.6. The van der Waals surface area contributed by atoms with Gasteiger partial charge in [-0.25, -0.2) is 0 Å². The SMILES string of the molecule is CC(C)NC(=O)c1ccc(OCC(=O)Nc2cccc(C(F)(F)F)c2)cc1. The summed E-state index contributed by atoms with van der Waals surface area (Å²) in [6.07, 6.45) is -4.49. The van der Waals surface area contributed by atoms with Crippen molar-refractivity contribution in [3.05, 3.63) is 59.7 Å². The third-order valence-electron chi connectivity index (χ3n) is 3.38. The minimum Gasteiger partial charge on any atom is -0.484 e. The van der Waals surface area contributed by atoms with Gasteiger partial charge in [0.05, 0.1) is 5.56 Å². The summed E-state index contributed by atoms with van der Waals surface area (Å²) in [5.41, 5.74) is -0.375. The van der Waals surface area contributed by atoms with Crippen molar-refractivity contribution >= 4 is 17.5 Å². The second-order valence-electron chi connectivity index (χ2n) is 6.07. The molecule has 0 heterocycles. The first-order valence-electron chi connectivity index (χ1n) is 8.16. The van der Waals surface area contributed by atoms with Crippen LogP contribution in [-0.2, 0) is 11.0 Å². The van der Waals surface area contributed by atoms with Crippen LogP contribution >= 0.6 is 0 Å². The first kappa shape index (κ1) is 20.3. The minimum absolute atomic E-state index is 0.00738. The number of benzene rings is 2. The van der Waals surface area contributed by atoms with Crippen LogP contribution in [0.25, 0.3) is 0 Å². The van der Waals surface area contributed by atoms with Crippen LogP contribution in [0.5, 0.6) is 5.75 Å². The van der Waals surface area contributed by atoms with Gasteiger partial charge in [0.25, 0.3) is 11.8 Å². The van der Waals surface area contributed by atoms with Crippen LogP contribution in [0.2, 0.25) is 0 Å². The molecule has 2 aromatic rings. The van der Waals surface area contributed by atoms with Gasteiger partial charge in [-0.3, -0.25) is 9.59 Å². The van der Waals surface area contributed by atoms with Gasteiger partial charge in [-0.05, 0) is 56.3 Å². The lowest BCUT2D eigenvalue weighted by atomic mass is 10.2. The summed E-state index contributed by atoms with van der Waals surface area (Å²) in [7, 11) is 0. The molecule has 27 heavy (non-hydrogen) atoms. The Bertz CT molecular complexity index is 803. The van der Waals surface area contributed by atoms with Crippen LogP contribution in [0.15, 0.2) is 48.5 Å². The second-order valence-corrected chi connectivity index (χ2v) is 6.07. The van der Waals surface area contributed by atoms with Crippen molar-refractivity contribution in [3.63, 3.8) is 0 Å². The molecule has 0 fully saturated rings. The average molecular weight is 380 g/mol. The van der Waals surface area contributed by atoms with Crippen LogP contribution in [0.1, 0.15) is 29.8 Å². The molecule has 0 saturated carbocycles. The summed E-state index contributed by atoms with van der Waals surface area (Å²) in [5, 5.41) is 5.09. The van der Waals surface area contributed by atoms with Gasteiger partial charge in [-0.1, -0.05) is 6.07 Å². The summed E-state index contributed by atoms with van der Waals surface area (Å²) in [4.78, 5) is 23.7. The van der Waals surface area contributed by atoms with E-state index < -0.39 is 17.6 Å². The largest absolute Gasteiger partial charge is 0.484 e. The number of ether oxygens (including phenoxy) is 1. The number of alkyl halides is 3. The highest BCUT2D eigenvalue weighted by Crippen LogP contribution is 2.30. The van der Waals surface area contributed by atoms with Crippen LogP contribution in [-0.4, -0.2) is 24.5 Å². The lowest BCUT2D eigenvalue weighted by Crippen LogP contribution is -2.29. The summed E-state index contributed by atoms with van der Waals surface area (Å²) < 4.78 is 43.3. The second kappa shape index (κ2) is 8.57. The maximum atomic E-state index is 12.7. The molecular formula is C19H19F3N2O3. The highest BCUT2D eigenvalue weighted by atomic mass is 19.4. The fourth-order valence-corrected chi connectivity index (χ4v) is 2.17. The van der Waals surface area contributed by atoms with Crippen molar-refractivity contribution in [2.75, 3.05) is 11.9 Å². The topological polar surface area (TPSA) is 67.4 Å². The van der Waals surface area contributed by atoms with Crippen molar-refractivity contribution in [1.29, 1.82) is 0 Å². The maximum Gasteiger partial charge on any atom is 0.416 e. The van der Waals surface area contributed by atoms with E-state index in [2.05, 4.69) is 10.6 Å². The lowest BCUT2D eigenvalue weighted by molar-refractivity contribution is -0.137. The predicted octanol–water partition coefficient (Wildman–Crippen LogP) is 3.86. The van der Waals surface area contributed by atoms with E-state index >= 15 is 0 Å². The normalized spacial score (nSPS) is 11.2. The number of hydrogen-bond acceptors (Lipinski definition) is 3. The van der Waals surface area contributed by atoms with E-state index in [4.69, 9.17) is 4.74 Å². The van der Waals surface area contributed by atoms with Gasteiger partial charge in [0.1, 0.15) is 5.75 Å². The summed E-state index contributed by atoms with van der Waals surface area (Å²) in [6, 6.07) is 10.5. The van der Waals surface area contributed by atoms with E-state index in [0.717, 1.165) is 12.1 Å². The zero-order chi connectivity index (χ0) is 20.0. The van der Waals surface area contributed by atoms with E-state index in [1.54, 1.807) is 12.1 Å². The molecular weight excluding hydrogens is 361 g/mol. The van der Waals surface area contributed by atoms with Crippen molar-refractivity contribution < 1.29 is 27.5 Å². The van der Waals surface area contributed by atoms with E-state index in [1.165, 1.54) is 24.3 Å². The van der Waals surface area contributed by atoms with Gasteiger partial charge in [0.2, 0.25) is 0 Å². The predicted molar refractivity (Wildman–Crippen MR) is 94.6 cm³/mol. The summed E-state index contributed by atoms with van der Waals surface area (Å²) >= 11 is 0. The van der Waals surface area contributed by atoms with Crippen LogP contribution in [0.4, 0.5) is 18.9 Å². The Balaban J connectivity index is 1.89. The molecule has 0 saturated heterocycles. The Morgan fingerprint density at radius 3 is 2.33 bits per heavy atom. The third-order valence-corrected chi connectivity index (χ3v) is 3.38. The smallest absolute Gasteiger partial charge is 0.416 e. The molecule has 0 aliphatic carbocycles. The van der Waals surface area contributed by atoms with Gasteiger partial charge < -0.3 is 15.4 Å². The number of hydrogen-bond donors (Lipinski definition) is 2. The average Bonchev–Trinajstić information content (AvgIpc) is 2.59. The van der Waals surface area contributed by atoms with Crippen molar-refractivity contribution in [1.82, 2.24) is 5.32 Å². The quantitative estimate of drug-likeness (QED) is 0.800. The molecule has 2 N–H and O–H groups in total. The highest BCUT2D eigenvalue weighted by Gasteiger charge is 2.30. The fourth-order valence-electron chi connectivity index (χ4n) is 2.17. The third kappa shape index (κ3) is 6.32. The summed E-state index contributed by atoms with van der Waals surface area (Å²) in [5.74, 6) is -0.468. The molecule has 2 aromatic carbocycles. The fraction of sp³-hybridized carbons (Fsp3) is 0.263. The minimum atomic E-state index is -4.49. The number of halogens is 3. The molecule has 2 amide bonds. The number of rotatable bonds is 6. The molecule has 0 atom stereocenters. The number of anilines is 1. The molecule has 144 valence electrons. The Morgan fingerprint density at radius 2 is 1.74 bits per heavy atom. The Morgan fingerprint density at radius 1 is 1.07 bits per heavy atom. The molecule has 0 spiro atoms. The zero-order valence-electron chi connectivity index (χ0n) is 14.8. The number of nitrogens with one attached hydrogen (secondary N) is 2. The summed E-state index contributed by atoms with van der Waals surface area (Å²) in [6.45, 7) is 3.31. The molecule has 0 aliphatic rings. The molecule has 2 rings (SSSR count). The van der Waals surface area contributed by atoms with Gasteiger partial charge in [0.15, 0.2) is 6.61 Å². The first-order valence-corrected chi connectivity index (χ1v) is 8.16. The monoisotopic (exact) mass is 380 g/mol. The van der Waals surface area contributed by atoms with Crippen LogP contribution in [0, 0.1) is 0 Å². The number of amides is 2. The van der Waals surface area contributed by atoms with Crippen molar-refractivity contribution in [3.8, 4) is 5.75 Å². The maximum absolute atomic E-state index is 12.7. The Hall–Kier alpha value is -3.03. The van der Waals surface area contributed by atoms with E-state index in [1.807, 2.05) is 13.8 Å². The number of carbonyl (C=O) groups is 2. The van der Waals surface area contributed by atoms with Crippen LogP contribution < -0.4 is 15.4 Å². The van der Waals surface area contributed by atoms with Gasteiger partial charge in [-0.2, -0.15) is 13.2 Å². The van der Waals surface area contributed by atoms with Gasteiger partial charge >= 0.3 is 6.18 Å². The molecule has 0 bridgehead atoms. The Labute approximate surface area is 154 Å². The molecule has 8 heteroatoms. The van der Waals surface area contributed by atoms with Crippen molar-refractivity contribution in [2.24, 2.45) is 0 Å². The zero-order valence-corrected chi connectivity index (χ0v) is 14.8. The standard InChI is InChI=1S/C19H19F3N2O3/c1-12(2)23-18(26)13-6-8-16(9-7-13)27-11-17(25)24-15-5-3-4-14(10-15)19(20,21)22/h3-10,12H,11H2,1-2H3,(H,23,26)(H,24,25). The Kier molecular flexibility index (Phi) is 6.44. The highest BCUT2D eigenvalue weighted by molar-refractivity contribution is 5.94.